The molecule has 0 saturated heterocycles. The third-order valence-corrected chi connectivity index (χ3v) is 4.58. The lowest BCUT2D eigenvalue weighted by Gasteiger charge is -2.22. The Balaban J connectivity index is 1.93. The van der Waals surface area contributed by atoms with E-state index < -0.39 is 12.1 Å². The molecule has 2 aromatic rings. The number of carbonyl (C=O) groups excluding carboxylic acids is 1. The Kier molecular flexibility index (Phi) is 4.86. The van der Waals surface area contributed by atoms with E-state index in [2.05, 4.69) is 0 Å². The summed E-state index contributed by atoms with van der Waals surface area (Å²) in [6.45, 7) is 0.276. The number of hydrogen-bond acceptors (Lipinski definition) is 3. The van der Waals surface area contributed by atoms with Gasteiger partial charge >= 0.3 is 5.97 Å². The van der Waals surface area contributed by atoms with Crippen LogP contribution in [0.1, 0.15) is 33.6 Å². The van der Waals surface area contributed by atoms with Crippen LogP contribution in [-0.2, 0) is 0 Å². The van der Waals surface area contributed by atoms with E-state index in [1.165, 1.54) is 11.0 Å². The number of carbonyl (C=O) groups is 2. The highest BCUT2D eigenvalue weighted by Crippen LogP contribution is 2.33. The van der Waals surface area contributed by atoms with E-state index in [4.69, 9.17) is 0 Å². The van der Waals surface area contributed by atoms with Gasteiger partial charge in [0.05, 0.1) is 11.7 Å². The molecule has 0 bridgehead atoms. The first-order valence-electron chi connectivity index (χ1n) is 8.34. The zero-order valence-electron chi connectivity index (χ0n) is 14.1. The summed E-state index contributed by atoms with van der Waals surface area (Å²) in [7, 11) is 1.66. The van der Waals surface area contributed by atoms with Crippen molar-refractivity contribution in [1.82, 2.24) is 4.90 Å². The van der Waals surface area contributed by atoms with Crippen LogP contribution in [0.4, 0.5) is 0 Å². The van der Waals surface area contributed by atoms with Crippen molar-refractivity contribution in [3.63, 3.8) is 0 Å². The molecule has 25 heavy (non-hydrogen) atoms. The summed E-state index contributed by atoms with van der Waals surface area (Å²) in [6, 6.07) is 13.6. The smallest absolute Gasteiger partial charge is 0.336 e. The molecule has 1 atom stereocenters. The van der Waals surface area contributed by atoms with E-state index >= 15 is 0 Å². The van der Waals surface area contributed by atoms with Crippen LogP contribution in [0.25, 0.3) is 11.1 Å². The Bertz CT molecular complexity index is 798. The average molecular weight is 339 g/mol. The van der Waals surface area contributed by atoms with Gasteiger partial charge in [-0.05, 0) is 42.0 Å². The molecule has 5 heteroatoms. The first-order valence-corrected chi connectivity index (χ1v) is 8.34. The summed E-state index contributed by atoms with van der Waals surface area (Å²) >= 11 is 0. The van der Waals surface area contributed by atoms with Gasteiger partial charge in [0.2, 0.25) is 0 Å². The fourth-order valence-corrected chi connectivity index (χ4v) is 3.01. The SMILES string of the molecule is CN(CC(O)C1CC1)C(=O)c1ccccc1-c1ccccc1C(=O)O. The van der Waals surface area contributed by atoms with Crippen molar-refractivity contribution >= 4 is 11.9 Å². The number of carboxylic acid groups (broad SMARTS) is 1. The van der Waals surface area contributed by atoms with E-state index in [1.807, 2.05) is 0 Å². The number of benzene rings is 2. The Labute approximate surface area is 146 Å². The number of carboxylic acids is 1. The highest BCUT2D eigenvalue weighted by atomic mass is 16.4. The zero-order chi connectivity index (χ0) is 18.0. The van der Waals surface area contributed by atoms with Crippen LogP contribution in [0.15, 0.2) is 48.5 Å². The predicted octanol–water partition coefficient (Wildman–Crippen LogP) is 2.89. The van der Waals surface area contributed by atoms with Gasteiger partial charge in [-0.1, -0.05) is 36.4 Å². The summed E-state index contributed by atoms with van der Waals surface area (Å²) in [5, 5.41) is 19.5. The van der Waals surface area contributed by atoms with Crippen molar-refractivity contribution < 1.29 is 19.8 Å². The number of nitrogens with zero attached hydrogens (tertiary/aromatic N) is 1. The molecule has 0 spiro atoms. The number of aromatic carboxylic acids is 1. The largest absolute Gasteiger partial charge is 0.478 e. The standard InChI is InChI=1S/C20H21NO4/c1-21(12-18(22)13-10-11-13)19(23)16-8-4-2-6-14(16)15-7-3-5-9-17(15)20(24)25/h2-9,13,18,22H,10-12H2,1H3,(H,24,25). The van der Waals surface area contributed by atoms with Crippen molar-refractivity contribution in [2.24, 2.45) is 5.92 Å². The minimum absolute atomic E-state index is 0.156. The average Bonchev–Trinajstić information content (AvgIpc) is 3.46. The van der Waals surface area contributed by atoms with Gasteiger partial charge in [-0.25, -0.2) is 4.79 Å². The maximum absolute atomic E-state index is 12.9. The van der Waals surface area contributed by atoms with Crippen LogP contribution >= 0.6 is 0 Å². The quantitative estimate of drug-likeness (QED) is 0.848. The molecule has 1 amide bonds. The Morgan fingerprint density at radius 2 is 1.56 bits per heavy atom. The number of aliphatic hydroxyl groups excluding tert-OH is 1. The highest BCUT2D eigenvalue weighted by molar-refractivity contribution is 6.04. The maximum Gasteiger partial charge on any atom is 0.336 e. The maximum atomic E-state index is 12.9. The molecule has 1 aliphatic carbocycles. The second kappa shape index (κ2) is 7.07. The van der Waals surface area contributed by atoms with Crippen LogP contribution in [0.3, 0.4) is 0 Å². The third kappa shape index (κ3) is 3.72. The van der Waals surface area contributed by atoms with Gasteiger partial charge in [0.25, 0.3) is 5.91 Å². The first kappa shape index (κ1) is 17.2. The van der Waals surface area contributed by atoms with Gasteiger partial charge in [-0.2, -0.15) is 0 Å². The molecule has 1 unspecified atom stereocenters. The summed E-state index contributed by atoms with van der Waals surface area (Å²) < 4.78 is 0. The lowest BCUT2D eigenvalue weighted by Crippen LogP contribution is -2.35. The number of amides is 1. The summed E-state index contributed by atoms with van der Waals surface area (Å²) in [4.78, 5) is 25.9. The lowest BCUT2D eigenvalue weighted by molar-refractivity contribution is 0.0645. The molecule has 0 aliphatic heterocycles. The summed E-state index contributed by atoms with van der Waals surface area (Å²) in [6.07, 6.45) is 1.50. The van der Waals surface area contributed by atoms with Crippen molar-refractivity contribution in [2.75, 3.05) is 13.6 Å². The van der Waals surface area contributed by atoms with Crippen LogP contribution in [0.2, 0.25) is 0 Å². The van der Waals surface area contributed by atoms with Crippen LogP contribution in [0, 0.1) is 5.92 Å². The van der Waals surface area contributed by atoms with Gasteiger partial charge in [-0.3, -0.25) is 4.79 Å². The molecule has 0 aromatic heterocycles. The molecule has 0 heterocycles. The number of likely N-dealkylation sites (N-methyl/N-ethyl adjacent to an activating group) is 1. The fraction of sp³-hybridized carbons (Fsp3) is 0.300. The highest BCUT2D eigenvalue weighted by Gasteiger charge is 2.31. The minimum atomic E-state index is -1.03. The monoisotopic (exact) mass is 339 g/mol. The second-order valence-corrected chi connectivity index (χ2v) is 6.49. The second-order valence-electron chi connectivity index (χ2n) is 6.49. The zero-order valence-corrected chi connectivity index (χ0v) is 14.1. The lowest BCUT2D eigenvalue weighted by atomic mass is 9.94. The molecule has 130 valence electrons. The normalized spacial score (nSPS) is 14.8. The number of rotatable bonds is 6. The molecule has 1 saturated carbocycles. The predicted molar refractivity (Wildman–Crippen MR) is 94.5 cm³/mol. The van der Waals surface area contributed by atoms with Crippen molar-refractivity contribution in [3.05, 3.63) is 59.7 Å². The molecule has 5 nitrogen and oxygen atoms in total. The first-order chi connectivity index (χ1) is 12.0. The van der Waals surface area contributed by atoms with Crippen LogP contribution in [-0.4, -0.2) is 46.7 Å². The Morgan fingerprint density at radius 3 is 2.12 bits per heavy atom. The fourth-order valence-electron chi connectivity index (χ4n) is 3.01. The van der Waals surface area contributed by atoms with Crippen molar-refractivity contribution in [1.29, 1.82) is 0 Å². The summed E-state index contributed by atoms with van der Waals surface area (Å²) in [5.41, 5.74) is 1.68. The van der Waals surface area contributed by atoms with Gasteiger partial charge < -0.3 is 15.1 Å². The summed E-state index contributed by atoms with van der Waals surface area (Å²) in [5.74, 6) is -0.968. The Morgan fingerprint density at radius 1 is 1.04 bits per heavy atom. The van der Waals surface area contributed by atoms with Gasteiger partial charge in [-0.15, -0.1) is 0 Å². The Hall–Kier alpha value is -2.66. The minimum Gasteiger partial charge on any atom is -0.478 e. The number of aliphatic hydroxyl groups is 1. The van der Waals surface area contributed by atoms with Gasteiger partial charge in [0.15, 0.2) is 0 Å². The molecule has 0 radical (unpaired) electrons. The molecular formula is C20H21NO4. The molecule has 2 aromatic carbocycles. The topological polar surface area (TPSA) is 77.8 Å². The molecular weight excluding hydrogens is 318 g/mol. The van der Waals surface area contributed by atoms with Crippen LogP contribution in [0.5, 0.6) is 0 Å². The van der Waals surface area contributed by atoms with E-state index in [9.17, 15) is 19.8 Å². The van der Waals surface area contributed by atoms with E-state index in [0.29, 0.717) is 22.6 Å². The van der Waals surface area contributed by atoms with Crippen LogP contribution < -0.4 is 0 Å². The van der Waals surface area contributed by atoms with E-state index in [1.54, 1.807) is 49.5 Å². The van der Waals surface area contributed by atoms with Crippen molar-refractivity contribution in [2.45, 2.75) is 18.9 Å². The molecule has 3 rings (SSSR count). The molecule has 1 aliphatic rings. The van der Waals surface area contributed by atoms with Crippen molar-refractivity contribution in [3.8, 4) is 11.1 Å². The van der Waals surface area contributed by atoms with E-state index in [-0.39, 0.29) is 18.0 Å². The number of hydrogen-bond donors (Lipinski definition) is 2. The third-order valence-electron chi connectivity index (χ3n) is 4.58. The van der Waals surface area contributed by atoms with Gasteiger partial charge in [0.1, 0.15) is 0 Å². The van der Waals surface area contributed by atoms with E-state index in [0.717, 1.165) is 12.8 Å². The molecule has 1 fully saturated rings. The molecule has 2 N–H and O–H groups in total. The van der Waals surface area contributed by atoms with Gasteiger partial charge in [0, 0.05) is 19.2 Å².